The molecule has 0 fully saturated rings. The average molecular weight is 372 g/mol. The van der Waals surface area contributed by atoms with Crippen molar-refractivity contribution in [1.29, 1.82) is 0 Å². The summed E-state index contributed by atoms with van der Waals surface area (Å²) in [6.07, 6.45) is -5.09. The molecule has 9 heteroatoms. The summed E-state index contributed by atoms with van der Waals surface area (Å²) in [5, 5.41) is 16.1. The molecular formula is C16H15F3N2O3S. The van der Waals surface area contributed by atoms with Gasteiger partial charge in [-0.15, -0.1) is 11.3 Å². The van der Waals surface area contributed by atoms with E-state index in [9.17, 15) is 27.9 Å². The van der Waals surface area contributed by atoms with Crippen LogP contribution in [0.25, 0.3) is 0 Å². The van der Waals surface area contributed by atoms with Crippen LogP contribution in [0.15, 0.2) is 41.8 Å². The number of aliphatic hydroxyl groups is 1. The van der Waals surface area contributed by atoms with Gasteiger partial charge in [0, 0.05) is 17.1 Å². The maximum absolute atomic E-state index is 12.6. The first-order valence-corrected chi connectivity index (χ1v) is 8.13. The van der Waals surface area contributed by atoms with Gasteiger partial charge in [-0.2, -0.15) is 13.2 Å². The standard InChI is InChI=1S/C16H15F3N2O3S/c17-16(18,19)10-3-1-4-11(9-10)21-15(24)14(23)20-7-6-12(22)13-5-2-8-25-13/h1-5,8-9,12,22H,6-7H2,(H,20,23)(H,21,24). The summed E-state index contributed by atoms with van der Waals surface area (Å²) in [5.41, 5.74) is -1.06. The van der Waals surface area contributed by atoms with Gasteiger partial charge >= 0.3 is 18.0 Å². The molecule has 0 aliphatic heterocycles. The third-order valence-electron chi connectivity index (χ3n) is 3.23. The average Bonchev–Trinajstić information content (AvgIpc) is 3.08. The lowest BCUT2D eigenvalue weighted by Gasteiger charge is -2.11. The minimum Gasteiger partial charge on any atom is -0.388 e. The van der Waals surface area contributed by atoms with E-state index in [1.165, 1.54) is 17.4 Å². The summed E-state index contributed by atoms with van der Waals surface area (Å²) in [5.74, 6) is -2.07. The molecule has 1 unspecified atom stereocenters. The van der Waals surface area contributed by atoms with Gasteiger partial charge in [-0.05, 0) is 36.1 Å². The molecule has 0 aliphatic carbocycles. The molecule has 0 spiro atoms. The van der Waals surface area contributed by atoms with E-state index in [2.05, 4.69) is 10.6 Å². The minimum atomic E-state index is -4.54. The fourth-order valence-corrected chi connectivity index (χ4v) is 2.73. The molecule has 25 heavy (non-hydrogen) atoms. The van der Waals surface area contributed by atoms with E-state index in [-0.39, 0.29) is 18.7 Å². The molecular weight excluding hydrogens is 357 g/mol. The maximum atomic E-state index is 12.6. The van der Waals surface area contributed by atoms with Crippen LogP contribution in [0.5, 0.6) is 0 Å². The Morgan fingerprint density at radius 2 is 1.92 bits per heavy atom. The van der Waals surface area contributed by atoms with Crippen molar-refractivity contribution >= 4 is 28.8 Å². The number of rotatable bonds is 5. The van der Waals surface area contributed by atoms with Gasteiger partial charge in [0.25, 0.3) is 0 Å². The highest BCUT2D eigenvalue weighted by Gasteiger charge is 2.30. The largest absolute Gasteiger partial charge is 0.416 e. The van der Waals surface area contributed by atoms with Crippen LogP contribution < -0.4 is 10.6 Å². The van der Waals surface area contributed by atoms with Crippen molar-refractivity contribution in [1.82, 2.24) is 5.32 Å². The molecule has 134 valence electrons. The van der Waals surface area contributed by atoms with Crippen molar-refractivity contribution < 1.29 is 27.9 Å². The third-order valence-corrected chi connectivity index (χ3v) is 4.20. The third kappa shape index (κ3) is 5.57. The van der Waals surface area contributed by atoms with Crippen LogP contribution in [0, 0.1) is 0 Å². The smallest absolute Gasteiger partial charge is 0.388 e. The summed E-state index contributed by atoms with van der Waals surface area (Å²) in [6.45, 7) is 0.0495. The lowest BCUT2D eigenvalue weighted by molar-refractivity contribution is -0.137. The first kappa shape index (κ1) is 18.9. The summed E-state index contributed by atoms with van der Waals surface area (Å²) in [4.78, 5) is 24.1. The second kappa shape index (κ2) is 8.13. The number of anilines is 1. The fourth-order valence-electron chi connectivity index (χ4n) is 1.99. The summed E-state index contributed by atoms with van der Waals surface area (Å²) in [6, 6.07) is 7.52. The Balaban J connectivity index is 1.83. The van der Waals surface area contributed by atoms with Crippen LogP contribution in [-0.2, 0) is 15.8 Å². The molecule has 0 aliphatic rings. The molecule has 0 bridgehead atoms. The molecule has 0 saturated carbocycles. The van der Waals surface area contributed by atoms with E-state index in [4.69, 9.17) is 0 Å². The van der Waals surface area contributed by atoms with Crippen molar-refractivity contribution in [2.45, 2.75) is 18.7 Å². The highest BCUT2D eigenvalue weighted by Crippen LogP contribution is 2.30. The molecule has 1 atom stereocenters. The highest BCUT2D eigenvalue weighted by molar-refractivity contribution is 7.10. The highest BCUT2D eigenvalue weighted by atomic mass is 32.1. The predicted molar refractivity (Wildman–Crippen MR) is 87.0 cm³/mol. The molecule has 2 aromatic rings. The van der Waals surface area contributed by atoms with Gasteiger partial charge in [0.15, 0.2) is 0 Å². The van der Waals surface area contributed by atoms with Crippen molar-refractivity contribution in [3.8, 4) is 0 Å². The lowest BCUT2D eigenvalue weighted by Crippen LogP contribution is -2.36. The fraction of sp³-hybridized carbons (Fsp3) is 0.250. The number of alkyl halides is 3. The van der Waals surface area contributed by atoms with Gasteiger partial charge < -0.3 is 15.7 Å². The topological polar surface area (TPSA) is 78.4 Å². The second-order valence-corrected chi connectivity index (χ2v) is 6.09. The first-order chi connectivity index (χ1) is 11.8. The Morgan fingerprint density at radius 3 is 2.56 bits per heavy atom. The van der Waals surface area contributed by atoms with Gasteiger partial charge in [-0.25, -0.2) is 0 Å². The Hall–Kier alpha value is -2.39. The van der Waals surface area contributed by atoms with Gasteiger partial charge in [-0.3, -0.25) is 9.59 Å². The van der Waals surface area contributed by atoms with Crippen molar-refractivity contribution in [2.75, 3.05) is 11.9 Å². The quantitative estimate of drug-likeness (QED) is 0.706. The van der Waals surface area contributed by atoms with Crippen LogP contribution in [0.3, 0.4) is 0 Å². The predicted octanol–water partition coefficient (Wildman–Crippen LogP) is 2.95. The number of carbonyl (C=O) groups excluding carboxylic acids is 2. The van der Waals surface area contributed by atoms with Crippen molar-refractivity contribution in [3.63, 3.8) is 0 Å². The molecule has 0 saturated heterocycles. The normalized spacial score (nSPS) is 12.5. The number of benzene rings is 1. The summed E-state index contributed by atoms with van der Waals surface area (Å²) < 4.78 is 37.8. The molecule has 1 aromatic carbocycles. The number of hydrogen-bond donors (Lipinski definition) is 3. The number of carbonyl (C=O) groups is 2. The molecule has 5 nitrogen and oxygen atoms in total. The number of thiophene rings is 1. The van der Waals surface area contributed by atoms with E-state index < -0.39 is 29.7 Å². The van der Waals surface area contributed by atoms with Gasteiger partial charge in [0.05, 0.1) is 11.7 Å². The lowest BCUT2D eigenvalue weighted by atomic mass is 10.2. The van der Waals surface area contributed by atoms with Gasteiger partial charge in [0.2, 0.25) is 0 Å². The maximum Gasteiger partial charge on any atom is 0.416 e. The van der Waals surface area contributed by atoms with E-state index in [0.29, 0.717) is 0 Å². The Kier molecular flexibility index (Phi) is 6.16. The van der Waals surface area contributed by atoms with E-state index in [1.807, 2.05) is 0 Å². The zero-order valence-electron chi connectivity index (χ0n) is 12.8. The van der Waals surface area contributed by atoms with Crippen LogP contribution in [0.4, 0.5) is 18.9 Å². The number of nitrogens with one attached hydrogen (secondary N) is 2. The summed E-state index contributed by atoms with van der Waals surface area (Å²) >= 11 is 1.37. The van der Waals surface area contributed by atoms with Crippen LogP contribution in [-0.4, -0.2) is 23.5 Å². The monoisotopic (exact) mass is 372 g/mol. The van der Waals surface area contributed by atoms with Crippen LogP contribution in [0.2, 0.25) is 0 Å². The Bertz CT molecular complexity index is 732. The van der Waals surface area contributed by atoms with Gasteiger partial charge in [-0.1, -0.05) is 12.1 Å². The SMILES string of the molecule is O=C(NCCC(O)c1cccs1)C(=O)Nc1cccc(C(F)(F)F)c1. The van der Waals surface area contributed by atoms with Gasteiger partial charge in [0.1, 0.15) is 0 Å². The number of aliphatic hydroxyl groups excluding tert-OH is 1. The zero-order chi connectivity index (χ0) is 18.4. The number of amides is 2. The van der Waals surface area contributed by atoms with E-state index in [0.717, 1.165) is 23.1 Å². The first-order valence-electron chi connectivity index (χ1n) is 7.25. The Labute approximate surface area is 145 Å². The molecule has 1 aromatic heterocycles. The second-order valence-electron chi connectivity index (χ2n) is 5.11. The minimum absolute atomic E-state index is 0.0495. The molecule has 2 amide bonds. The molecule has 3 N–H and O–H groups in total. The van der Waals surface area contributed by atoms with Crippen LogP contribution in [0.1, 0.15) is 23.0 Å². The molecule has 0 radical (unpaired) electrons. The van der Waals surface area contributed by atoms with E-state index in [1.54, 1.807) is 17.5 Å². The van der Waals surface area contributed by atoms with Crippen molar-refractivity contribution in [3.05, 3.63) is 52.2 Å². The number of hydrogen-bond acceptors (Lipinski definition) is 4. The number of halogens is 3. The zero-order valence-corrected chi connectivity index (χ0v) is 13.7. The van der Waals surface area contributed by atoms with E-state index >= 15 is 0 Å². The molecule has 2 rings (SSSR count). The Morgan fingerprint density at radius 1 is 1.16 bits per heavy atom. The molecule has 1 heterocycles. The van der Waals surface area contributed by atoms with Crippen molar-refractivity contribution in [2.24, 2.45) is 0 Å². The van der Waals surface area contributed by atoms with Crippen LogP contribution >= 0.6 is 11.3 Å². The summed E-state index contributed by atoms with van der Waals surface area (Å²) in [7, 11) is 0.